The highest BCUT2D eigenvalue weighted by Gasteiger charge is 2.30. The first-order valence-electron chi connectivity index (χ1n) is 2.50. The fourth-order valence-electron chi connectivity index (χ4n) is 0.183. The van der Waals surface area contributed by atoms with Gasteiger partial charge in [-0.15, -0.1) is 0 Å². The Morgan fingerprint density at radius 3 is 2.00 bits per heavy atom. The number of rotatable bonds is 2. The van der Waals surface area contributed by atoms with Gasteiger partial charge in [-0.3, -0.25) is 0 Å². The van der Waals surface area contributed by atoms with Crippen molar-refractivity contribution in [2.24, 2.45) is 0 Å². The monoisotopic (exact) mass is 130 g/mol. The van der Waals surface area contributed by atoms with Crippen molar-refractivity contribution in [3.8, 4) is 0 Å². The number of carbonyl (C=O) groups is 1. The second-order valence-corrected chi connectivity index (χ2v) is 2.16. The van der Waals surface area contributed by atoms with Crippen molar-refractivity contribution < 1.29 is 15.0 Å². The molecule has 0 aliphatic carbocycles. The lowest BCUT2D eigenvalue weighted by molar-refractivity contribution is -0.152. The quantitative estimate of drug-likeness (QED) is 0.532. The highest BCUT2D eigenvalue weighted by molar-refractivity contribution is 5.80. The molecule has 9 heavy (non-hydrogen) atoms. The number of hydrogen-bond acceptors (Lipinski definition) is 2. The summed E-state index contributed by atoms with van der Waals surface area (Å²) in [7, 11) is 0. The van der Waals surface area contributed by atoms with E-state index in [0.29, 0.717) is 0 Å². The van der Waals surface area contributed by atoms with Gasteiger partial charge in [-0.05, 0) is 19.4 Å². The molecule has 0 rings (SSSR count). The minimum Gasteiger partial charge on any atom is -0.479 e. The van der Waals surface area contributed by atoms with Gasteiger partial charge in [-0.2, -0.15) is 0 Å². The molecule has 0 aliphatic rings. The Labute approximate surface area is 53.6 Å². The molecule has 3 nitrogen and oxygen atoms in total. The molecule has 0 amide bonds. The van der Waals surface area contributed by atoms with E-state index in [4.69, 9.17) is 10.2 Å². The van der Waals surface area contributed by atoms with E-state index in [1.54, 1.807) is 0 Å². The Bertz CT molecular complexity index is 130. The van der Waals surface area contributed by atoms with Crippen molar-refractivity contribution in [2.45, 2.75) is 19.4 Å². The van der Waals surface area contributed by atoms with Crippen molar-refractivity contribution in [3.63, 3.8) is 0 Å². The average Bonchev–Trinajstić information content (AvgIpc) is 1.65. The normalized spacial score (nSPS) is 16.3. The Morgan fingerprint density at radius 2 is 2.00 bits per heavy atom. The van der Waals surface area contributed by atoms with E-state index in [1.165, 1.54) is 13.8 Å². The summed E-state index contributed by atoms with van der Waals surface area (Å²) < 4.78 is 0. The number of carboxylic acids is 1. The SMILES string of the molecule is C=C(C)[C@@](C)(O)C(=O)O. The van der Waals surface area contributed by atoms with E-state index in [1.807, 2.05) is 0 Å². The predicted molar refractivity (Wildman–Crippen MR) is 33.1 cm³/mol. The lowest BCUT2D eigenvalue weighted by atomic mass is 10.00. The van der Waals surface area contributed by atoms with Gasteiger partial charge >= 0.3 is 5.97 Å². The second kappa shape index (κ2) is 2.19. The van der Waals surface area contributed by atoms with Crippen LogP contribution in [0.3, 0.4) is 0 Å². The van der Waals surface area contributed by atoms with Gasteiger partial charge in [0.2, 0.25) is 0 Å². The van der Waals surface area contributed by atoms with Gasteiger partial charge in [0.1, 0.15) is 0 Å². The van der Waals surface area contributed by atoms with Crippen LogP contribution in [0, 0.1) is 0 Å². The van der Waals surface area contributed by atoms with Crippen LogP contribution in [0.2, 0.25) is 0 Å². The van der Waals surface area contributed by atoms with Gasteiger partial charge in [-0.1, -0.05) is 6.58 Å². The average molecular weight is 130 g/mol. The molecule has 1 atom stereocenters. The highest BCUT2D eigenvalue weighted by atomic mass is 16.4. The van der Waals surface area contributed by atoms with Crippen LogP contribution >= 0.6 is 0 Å². The zero-order valence-electron chi connectivity index (χ0n) is 5.51. The van der Waals surface area contributed by atoms with Crippen LogP contribution in [0.25, 0.3) is 0 Å². The third-order valence-corrected chi connectivity index (χ3v) is 1.25. The summed E-state index contributed by atoms with van der Waals surface area (Å²) >= 11 is 0. The maximum atomic E-state index is 10.2. The van der Waals surface area contributed by atoms with Gasteiger partial charge in [0.15, 0.2) is 5.60 Å². The van der Waals surface area contributed by atoms with E-state index in [9.17, 15) is 4.79 Å². The topological polar surface area (TPSA) is 57.5 Å². The van der Waals surface area contributed by atoms with Crippen LogP contribution in [0.4, 0.5) is 0 Å². The molecule has 2 N–H and O–H groups in total. The predicted octanol–water partition coefficient (Wildman–Crippen LogP) is 0.398. The van der Waals surface area contributed by atoms with Gasteiger partial charge in [0.25, 0.3) is 0 Å². The Balaban J connectivity index is 4.38. The van der Waals surface area contributed by atoms with E-state index >= 15 is 0 Å². The van der Waals surface area contributed by atoms with Crippen molar-refractivity contribution >= 4 is 5.97 Å². The summed E-state index contributed by atoms with van der Waals surface area (Å²) in [6, 6.07) is 0. The van der Waals surface area contributed by atoms with Crippen molar-refractivity contribution in [2.75, 3.05) is 0 Å². The van der Waals surface area contributed by atoms with Crippen molar-refractivity contribution in [1.29, 1.82) is 0 Å². The van der Waals surface area contributed by atoms with Crippen LogP contribution in [0.15, 0.2) is 12.2 Å². The van der Waals surface area contributed by atoms with E-state index in [2.05, 4.69) is 6.58 Å². The zero-order chi connectivity index (χ0) is 7.65. The first kappa shape index (κ1) is 8.17. The molecule has 0 aromatic heterocycles. The molecular formula is C6H10O3. The number of hydrogen-bond donors (Lipinski definition) is 2. The fraction of sp³-hybridized carbons (Fsp3) is 0.500. The first-order chi connectivity index (χ1) is 3.89. The summed E-state index contributed by atoms with van der Waals surface area (Å²) in [6.45, 7) is 5.98. The molecule has 0 aliphatic heterocycles. The third kappa shape index (κ3) is 1.54. The number of aliphatic carboxylic acids is 1. The molecule has 0 aromatic rings. The molecule has 0 unspecified atom stereocenters. The molecule has 0 radical (unpaired) electrons. The molecule has 0 saturated carbocycles. The van der Waals surface area contributed by atoms with Gasteiger partial charge < -0.3 is 10.2 Å². The standard InChI is InChI=1S/C6H10O3/c1-4(2)6(3,9)5(7)8/h9H,1H2,2-3H3,(H,7,8)/t6-/m1/s1. The molecule has 0 bridgehead atoms. The Morgan fingerprint density at radius 1 is 1.67 bits per heavy atom. The molecule has 0 saturated heterocycles. The minimum absolute atomic E-state index is 0.231. The summed E-state index contributed by atoms with van der Waals surface area (Å²) in [5.41, 5.74) is -1.55. The molecule has 0 heterocycles. The molecule has 52 valence electrons. The van der Waals surface area contributed by atoms with Crippen molar-refractivity contribution in [3.05, 3.63) is 12.2 Å². The largest absolute Gasteiger partial charge is 0.479 e. The van der Waals surface area contributed by atoms with E-state index in [-0.39, 0.29) is 5.57 Å². The summed E-state index contributed by atoms with van der Waals surface area (Å²) in [6.07, 6.45) is 0. The van der Waals surface area contributed by atoms with Crippen LogP contribution in [-0.4, -0.2) is 21.8 Å². The van der Waals surface area contributed by atoms with Gasteiger partial charge in [0.05, 0.1) is 0 Å². The summed E-state index contributed by atoms with van der Waals surface area (Å²) in [5.74, 6) is -1.27. The third-order valence-electron chi connectivity index (χ3n) is 1.25. The fourth-order valence-corrected chi connectivity index (χ4v) is 0.183. The smallest absolute Gasteiger partial charge is 0.339 e. The molecular weight excluding hydrogens is 120 g/mol. The van der Waals surface area contributed by atoms with Crippen LogP contribution < -0.4 is 0 Å². The Hall–Kier alpha value is -0.830. The van der Waals surface area contributed by atoms with E-state index < -0.39 is 11.6 Å². The molecule has 0 fully saturated rings. The lowest BCUT2D eigenvalue weighted by Crippen LogP contribution is -2.35. The Kier molecular flexibility index (Phi) is 1.99. The molecule has 3 heteroatoms. The summed E-state index contributed by atoms with van der Waals surface area (Å²) in [4.78, 5) is 10.2. The van der Waals surface area contributed by atoms with Gasteiger partial charge in [-0.25, -0.2) is 4.79 Å². The molecule has 0 spiro atoms. The van der Waals surface area contributed by atoms with Crippen LogP contribution in [0.1, 0.15) is 13.8 Å². The maximum absolute atomic E-state index is 10.2. The highest BCUT2D eigenvalue weighted by Crippen LogP contribution is 2.12. The second-order valence-electron chi connectivity index (χ2n) is 2.16. The van der Waals surface area contributed by atoms with Crippen molar-refractivity contribution in [1.82, 2.24) is 0 Å². The summed E-state index contributed by atoms with van der Waals surface area (Å²) in [5, 5.41) is 17.3. The minimum atomic E-state index is -1.78. The zero-order valence-corrected chi connectivity index (χ0v) is 5.51. The molecule has 0 aromatic carbocycles. The lowest BCUT2D eigenvalue weighted by Gasteiger charge is -2.16. The van der Waals surface area contributed by atoms with Gasteiger partial charge in [0, 0.05) is 0 Å². The maximum Gasteiger partial charge on any atom is 0.339 e. The number of aliphatic hydroxyl groups is 1. The number of carboxylic acid groups (broad SMARTS) is 1. The first-order valence-corrected chi connectivity index (χ1v) is 2.50. The van der Waals surface area contributed by atoms with Crippen LogP contribution in [-0.2, 0) is 4.79 Å². The van der Waals surface area contributed by atoms with Crippen LogP contribution in [0.5, 0.6) is 0 Å². The van der Waals surface area contributed by atoms with E-state index in [0.717, 1.165) is 0 Å².